The number of hydrogen-bond donors (Lipinski definition) is 1. The van der Waals surface area contributed by atoms with Crippen molar-refractivity contribution in [3.63, 3.8) is 0 Å². The van der Waals surface area contributed by atoms with Crippen LogP contribution in [0.2, 0.25) is 0 Å². The molecule has 0 saturated heterocycles. The van der Waals surface area contributed by atoms with Gasteiger partial charge in [-0.25, -0.2) is 4.79 Å². The maximum absolute atomic E-state index is 12.0. The molecule has 2 aromatic carbocycles. The zero-order valence-electron chi connectivity index (χ0n) is 13.0. The molecule has 0 heterocycles. The van der Waals surface area contributed by atoms with Gasteiger partial charge in [-0.1, -0.05) is 42.5 Å². The molecule has 0 fully saturated rings. The zero-order chi connectivity index (χ0) is 16.5. The van der Waals surface area contributed by atoms with Crippen LogP contribution in [-0.4, -0.2) is 25.1 Å². The number of hydrogen-bond acceptors (Lipinski definition) is 4. The van der Waals surface area contributed by atoms with Crippen LogP contribution in [0.4, 0.5) is 0 Å². The van der Waals surface area contributed by atoms with Gasteiger partial charge in [-0.05, 0) is 24.6 Å². The third kappa shape index (κ3) is 5.14. The molecule has 1 amide bonds. The summed E-state index contributed by atoms with van der Waals surface area (Å²) >= 11 is 0. The van der Waals surface area contributed by atoms with Gasteiger partial charge in [0.2, 0.25) is 0 Å². The van der Waals surface area contributed by atoms with Gasteiger partial charge in [0.05, 0.1) is 6.61 Å². The SMILES string of the molecule is CCOc1ccccc1C(=O)OCC(=O)NCc1ccccc1. The first kappa shape index (κ1) is 16.5. The molecule has 0 unspecified atom stereocenters. The Labute approximate surface area is 135 Å². The number of carbonyl (C=O) groups is 2. The molecule has 2 rings (SSSR count). The maximum Gasteiger partial charge on any atom is 0.342 e. The molecule has 0 aliphatic rings. The number of para-hydroxylation sites is 1. The lowest BCUT2D eigenvalue weighted by molar-refractivity contribution is -0.124. The predicted molar refractivity (Wildman–Crippen MR) is 86.2 cm³/mol. The summed E-state index contributed by atoms with van der Waals surface area (Å²) in [6.45, 7) is 2.35. The van der Waals surface area contributed by atoms with Crippen molar-refractivity contribution in [2.24, 2.45) is 0 Å². The molecule has 5 nitrogen and oxygen atoms in total. The molecule has 0 bridgehead atoms. The summed E-state index contributed by atoms with van der Waals surface area (Å²) in [5.41, 5.74) is 1.29. The average molecular weight is 313 g/mol. The summed E-state index contributed by atoms with van der Waals surface area (Å²) in [5.74, 6) is -0.482. The van der Waals surface area contributed by atoms with Crippen LogP contribution in [0.1, 0.15) is 22.8 Å². The lowest BCUT2D eigenvalue weighted by Crippen LogP contribution is -2.28. The number of benzene rings is 2. The normalized spacial score (nSPS) is 9.96. The highest BCUT2D eigenvalue weighted by atomic mass is 16.5. The summed E-state index contributed by atoms with van der Waals surface area (Å²) in [7, 11) is 0. The van der Waals surface area contributed by atoms with E-state index in [0.717, 1.165) is 5.56 Å². The minimum atomic E-state index is -0.580. The largest absolute Gasteiger partial charge is 0.493 e. The summed E-state index contributed by atoms with van der Waals surface area (Å²) in [4.78, 5) is 23.8. The Morgan fingerprint density at radius 2 is 1.70 bits per heavy atom. The highest BCUT2D eigenvalue weighted by Gasteiger charge is 2.14. The molecule has 0 atom stereocenters. The van der Waals surface area contributed by atoms with Crippen LogP contribution in [0.25, 0.3) is 0 Å². The summed E-state index contributed by atoms with van der Waals surface area (Å²) < 4.78 is 10.4. The van der Waals surface area contributed by atoms with E-state index in [9.17, 15) is 9.59 Å². The van der Waals surface area contributed by atoms with Crippen molar-refractivity contribution in [1.29, 1.82) is 0 Å². The van der Waals surface area contributed by atoms with Crippen molar-refractivity contribution in [2.45, 2.75) is 13.5 Å². The molecule has 0 saturated carbocycles. The number of carbonyl (C=O) groups excluding carboxylic acids is 2. The summed E-state index contributed by atoms with van der Waals surface area (Å²) in [6.07, 6.45) is 0. The molecule has 2 aromatic rings. The third-order valence-corrected chi connectivity index (χ3v) is 3.07. The average Bonchev–Trinajstić information content (AvgIpc) is 2.59. The summed E-state index contributed by atoms with van der Waals surface area (Å²) in [5, 5.41) is 2.70. The smallest absolute Gasteiger partial charge is 0.342 e. The van der Waals surface area contributed by atoms with E-state index in [4.69, 9.17) is 9.47 Å². The van der Waals surface area contributed by atoms with Crippen molar-refractivity contribution in [2.75, 3.05) is 13.2 Å². The van der Waals surface area contributed by atoms with Gasteiger partial charge in [0.15, 0.2) is 6.61 Å². The van der Waals surface area contributed by atoms with Crippen LogP contribution in [-0.2, 0) is 16.1 Å². The van der Waals surface area contributed by atoms with Crippen LogP contribution >= 0.6 is 0 Å². The molecular weight excluding hydrogens is 294 g/mol. The highest BCUT2D eigenvalue weighted by Crippen LogP contribution is 2.18. The van der Waals surface area contributed by atoms with Crippen molar-refractivity contribution in [1.82, 2.24) is 5.32 Å². The molecule has 0 aliphatic heterocycles. The second-order valence-electron chi connectivity index (χ2n) is 4.77. The minimum Gasteiger partial charge on any atom is -0.493 e. The van der Waals surface area contributed by atoms with Crippen molar-refractivity contribution in [3.8, 4) is 5.75 Å². The fourth-order valence-corrected chi connectivity index (χ4v) is 1.97. The van der Waals surface area contributed by atoms with E-state index >= 15 is 0 Å². The Balaban J connectivity index is 1.83. The molecule has 5 heteroatoms. The maximum atomic E-state index is 12.0. The Hall–Kier alpha value is -2.82. The Morgan fingerprint density at radius 1 is 1.00 bits per heavy atom. The fourth-order valence-electron chi connectivity index (χ4n) is 1.97. The van der Waals surface area contributed by atoms with E-state index in [0.29, 0.717) is 24.5 Å². The number of esters is 1. The second-order valence-corrected chi connectivity index (χ2v) is 4.77. The Bertz CT molecular complexity index is 655. The van der Waals surface area contributed by atoms with Gasteiger partial charge in [-0.2, -0.15) is 0 Å². The van der Waals surface area contributed by atoms with E-state index in [-0.39, 0.29) is 12.5 Å². The lowest BCUT2D eigenvalue weighted by atomic mass is 10.2. The van der Waals surface area contributed by atoms with E-state index in [1.165, 1.54) is 0 Å². The molecule has 0 aliphatic carbocycles. The van der Waals surface area contributed by atoms with Crippen LogP contribution in [0.3, 0.4) is 0 Å². The molecule has 0 spiro atoms. The van der Waals surface area contributed by atoms with Gasteiger partial charge in [-0.3, -0.25) is 4.79 Å². The van der Waals surface area contributed by atoms with Gasteiger partial charge in [0.25, 0.3) is 5.91 Å². The van der Waals surface area contributed by atoms with E-state index in [2.05, 4.69) is 5.32 Å². The second kappa shape index (κ2) is 8.58. The molecule has 1 N–H and O–H groups in total. The van der Waals surface area contributed by atoms with Crippen LogP contribution in [0, 0.1) is 0 Å². The number of nitrogens with one attached hydrogen (secondary N) is 1. The number of ether oxygens (including phenoxy) is 2. The van der Waals surface area contributed by atoms with E-state index in [1.807, 2.05) is 37.3 Å². The lowest BCUT2D eigenvalue weighted by Gasteiger charge is -2.10. The van der Waals surface area contributed by atoms with Gasteiger partial charge < -0.3 is 14.8 Å². The Kier molecular flexibility index (Phi) is 6.17. The van der Waals surface area contributed by atoms with Gasteiger partial charge in [0.1, 0.15) is 11.3 Å². The van der Waals surface area contributed by atoms with Crippen LogP contribution in [0.5, 0.6) is 5.75 Å². The molecule has 0 aromatic heterocycles. The third-order valence-electron chi connectivity index (χ3n) is 3.07. The molecule has 23 heavy (non-hydrogen) atoms. The topological polar surface area (TPSA) is 64.6 Å². The molecule has 120 valence electrons. The first-order chi connectivity index (χ1) is 11.2. The molecular formula is C18H19NO4. The molecule has 0 radical (unpaired) electrons. The Morgan fingerprint density at radius 3 is 2.43 bits per heavy atom. The standard InChI is InChI=1S/C18H19NO4/c1-2-22-16-11-7-6-10-15(16)18(21)23-13-17(20)19-12-14-8-4-3-5-9-14/h3-11H,2,12-13H2,1H3,(H,19,20). The minimum absolute atomic E-state index is 0.310. The predicted octanol–water partition coefficient (Wildman–Crippen LogP) is 2.56. The number of amides is 1. The van der Waals surface area contributed by atoms with Crippen molar-refractivity contribution >= 4 is 11.9 Å². The van der Waals surface area contributed by atoms with Crippen LogP contribution in [0.15, 0.2) is 54.6 Å². The highest BCUT2D eigenvalue weighted by molar-refractivity contribution is 5.93. The van der Waals surface area contributed by atoms with E-state index < -0.39 is 5.97 Å². The van der Waals surface area contributed by atoms with E-state index in [1.54, 1.807) is 24.3 Å². The van der Waals surface area contributed by atoms with Gasteiger partial charge >= 0.3 is 5.97 Å². The van der Waals surface area contributed by atoms with Crippen molar-refractivity contribution in [3.05, 3.63) is 65.7 Å². The number of rotatable bonds is 7. The van der Waals surface area contributed by atoms with Crippen LogP contribution < -0.4 is 10.1 Å². The van der Waals surface area contributed by atoms with Crippen molar-refractivity contribution < 1.29 is 19.1 Å². The first-order valence-corrected chi connectivity index (χ1v) is 7.40. The van der Waals surface area contributed by atoms with Gasteiger partial charge in [0, 0.05) is 6.54 Å². The quantitative estimate of drug-likeness (QED) is 0.798. The fraction of sp³-hybridized carbons (Fsp3) is 0.222. The zero-order valence-corrected chi connectivity index (χ0v) is 13.0. The van der Waals surface area contributed by atoms with Gasteiger partial charge in [-0.15, -0.1) is 0 Å². The first-order valence-electron chi connectivity index (χ1n) is 7.40. The monoisotopic (exact) mass is 313 g/mol. The summed E-state index contributed by atoms with van der Waals surface area (Å²) in [6, 6.07) is 16.3.